The van der Waals surface area contributed by atoms with Crippen molar-refractivity contribution < 1.29 is 19.1 Å². The van der Waals surface area contributed by atoms with Crippen molar-refractivity contribution >= 4 is 28.9 Å². The summed E-state index contributed by atoms with van der Waals surface area (Å²) in [7, 11) is 3.08. The fourth-order valence-corrected chi connectivity index (χ4v) is 5.96. The summed E-state index contributed by atoms with van der Waals surface area (Å²) in [5.74, 6) is 0.853. The molecule has 4 heterocycles. The number of methoxy groups -OCH3 is 2. The molecular weight excluding hydrogens is 534 g/mol. The molecule has 2 aliphatic heterocycles. The van der Waals surface area contributed by atoms with E-state index in [2.05, 4.69) is 20.5 Å². The number of carbonyl (C=O) groups excluding carboxylic acids is 2. The van der Waals surface area contributed by atoms with Gasteiger partial charge in [-0.3, -0.25) is 19.4 Å². The molecule has 214 valence electrons. The number of anilines is 3. The molecule has 0 saturated carbocycles. The second-order valence-electron chi connectivity index (χ2n) is 10.6. The SMILES string of the molecule is COc1ccc(NC(=O)c2ccc(N3CC4CC(C3)c3cccc(=O)n3C4)c(NC(=O)c3cccnc3)c2)cc1OC. The van der Waals surface area contributed by atoms with Crippen LogP contribution in [0.15, 0.2) is 83.9 Å². The molecule has 6 rings (SSSR count). The number of piperidine rings is 1. The van der Waals surface area contributed by atoms with Crippen LogP contribution in [-0.4, -0.2) is 48.7 Å². The maximum atomic E-state index is 13.3. The maximum absolute atomic E-state index is 13.3. The van der Waals surface area contributed by atoms with E-state index in [1.54, 1.807) is 61.8 Å². The lowest BCUT2D eigenvalue weighted by molar-refractivity contribution is 0.101. The highest BCUT2D eigenvalue weighted by molar-refractivity contribution is 6.09. The van der Waals surface area contributed by atoms with Crippen LogP contribution in [0.4, 0.5) is 17.1 Å². The van der Waals surface area contributed by atoms with E-state index in [1.807, 2.05) is 22.8 Å². The molecule has 1 fully saturated rings. The van der Waals surface area contributed by atoms with Crippen molar-refractivity contribution in [2.45, 2.75) is 18.9 Å². The minimum Gasteiger partial charge on any atom is -0.493 e. The highest BCUT2D eigenvalue weighted by atomic mass is 16.5. The van der Waals surface area contributed by atoms with Crippen molar-refractivity contribution in [2.75, 3.05) is 42.8 Å². The lowest BCUT2D eigenvalue weighted by Gasteiger charge is -2.44. The number of benzene rings is 2. The molecule has 0 spiro atoms. The zero-order valence-corrected chi connectivity index (χ0v) is 23.4. The van der Waals surface area contributed by atoms with Gasteiger partial charge in [-0.05, 0) is 60.9 Å². The Kier molecular flexibility index (Phi) is 7.35. The van der Waals surface area contributed by atoms with E-state index in [0.29, 0.717) is 47.1 Å². The van der Waals surface area contributed by atoms with E-state index >= 15 is 0 Å². The van der Waals surface area contributed by atoms with Crippen molar-refractivity contribution in [3.8, 4) is 11.5 Å². The number of aromatic nitrogens is 2. The second-order valence-corrected chi connectivity index (χ2v) is 10.6. The van der Waals surface area contributed by atoms with Gasteiger partial charge < -0.3 is 29.6 Å². The molecule has 1 saturated heterocycles. The predicted molar refractivity (Wildman–Crippen MR) is 160 cm³/mol. The van der Waals surface area contributed by atoms with Gasteiger partial charge in [-0.1, -0.05) is 6.07 Å². The van der Waals surface area contributed by atoms with Crippen LogP contribution in [0.1, 0.15) is 38.7 Å². The van der Waals surface area contributed by atoms with Crippen LogP contribution >= 0.6 is 0 Å². The van der Waals surface area contributed by atoms with Gasteiger partial charge >= 0.3 is 0 Å². The first kappa shape index (κ1) is 27.1. The number of fused-ring (bicyclic) bond motifs is 4. The topological polar surface area (TPSA) is 115 Å². The molecule has 2 aromatic carbocycles. The average molecular weight is 566 g/mol. The second kappa shape index (κ2) is 11.4. The summed E-state index contributed by atoms with van der Waals surface area (Å²) < 4.78 is 12.5. The molecule has 0 aliphatic carbocycles. The molecule has 10 heteroatoms. The Bertz CT molecular complexity index is 1700. The zero-order chi connectivity index (χ0) is 29.2. The molecule has 10 nitrogen and oxygen atoms in total. The number of carbonyl (C=O) groups is 2. The van der Waals surface area contributed by atoms with Crippen LogP contribution in [0.25, 0.3) is 0 Å². The Hall–Kier alpha value is -5.12. The number of hydrogen-bond acceptors (Lipinski definition) is 7. The first-order valence-corrected chi connectivity index (χ1v) is 13.8. The lowest BCUT2D eigenvalue weighted by atomic mass is 9.83. The molecule has 2 bridgehead atoms. The summed E-state index contributed by atoms with van der Waals surface area (Å²) in [6.07, 6.45) is 4.11. The van der Waals surface area contributed by atoms with Crippen molar-refractivity contribution in [3.05, 3.63) is 106 Å². The number of nitrogens with one attached hydrogen (secondary N) is 2. The number of pyridine rings is 2. The summed E-state index contributed by atoms with van der Waals surface area (Å²) >= 11 is 0. The van der Waals surface area contributed by atoms with Gasteiger partial charge in [-0.15, -0.1) is 0 Å². The van der Waals surface area contributed by atoms with E-state index in [-0.39, 0.29) is 29.2 Å². The first-order valence-electron chi connectivity index (χ1n) is 13.8. The van der Waals surface area contributed by atoms with Gasteiger partial charge in [0, 0.05) is 67.0 Å². The number of ether oxygens (including phenoxy) is 2. The Balaban J connectivity index is 1.31. The standard InChI is InChI=1S/C32H31N5O5/c1-41-28-11-9-24(15-29(28)42-2)34-31(39)21-8-10-27(25(14-21)35-32(40)22-5-4-12-33-16-22)36-17-20-13-23(19-36)26-6-3-7-30(38)37(26)18-20/h3-12,14-16,20,23H,13,17-19H2,1-2H3,(H,34,39)(H,35,40). The third-order valence-corrected chi connectivity index (χ3v) is 7.89. The Labute approximate surface area is 242 Å². The van der Waals surface area contributed by atoms with Crippen molar-refractivity contribution in [3.63, 3.8) is 0 Å². The van der Waals surface area contributed by atoms with Gasteiger partial charge in [-0.25, -0.2) is 0 Å². The number of amides is 2. The number of hydrogen-bond donors (Lipinski definition) is 2. The van der Waals surface area contributed by atoms with Crippen LogP contribution in [0.2, 0.25) is 0 Å². The van der Waals surface area contributed by atoms with Gasteiger partial charge in [0.05, 0.1) is 31.2 Å². The summed E-state index contributed by atoms with van der Waals surface area (Å²) in [4.78, 5) is 45.4. The van der Waals surface area contributed by atoms with E-state index in [4.69, 9.17) is 9.47 Å². The highest BCUT2D eigenvalue weighted by Crippen LogP contribution is 2.39. The fourth-order valence-electron chi connectivity index (χ4n) is 5.96. The van der Waals surface area contributed by atoms with E-state index in [1.165, 1.54) is 13.3 Å². The van der Waals surface area contributed by atoms with E-state index in [0.717, 1.165) is 24.3 Å². The maximum Gasteiger partial charge on any atom is 0.257 e. The molecule has 2 aromatic heterocycles. The Morgan fingerprint density at radius 3 is 2.48 bits per heavy atom. The molecular formula is C32H31N5O5. The molecule has 42 heavy (non-hydrogen) atoms. The quantitative estimate of drug-likeness (QED) is 0.342. The molecule has 4 aromatic rings. The van der Waals surface area contributed by atoms with Gasteiger partial charge in [-0.2, -0.15) is 0 Å². The third-order valence-electron chi connectivity index (χ3n) is 7.89. The van der Waals surface area contributed by atoms with Crippen LogP contribution < -0.4 is 30.6 Å². The van der Waals surface area contributed by atoms with Crippen LogP contribution in [0.5, 0.6) is 11.5 Å². The zero-order valence-electron chi connectivity index (χ0n) is 23.4. The molecule has 0 radical (unpaired) electrons. The smallest absolute Gasteiger partial charge is 0.257 e. The minimum atomic E-state index is -0.338. The Morgan fingerprint density at radius 2 is 1.69 bits per heavy atom. The normalized spacial score (nSPS) is 17.1. The minimum absolute atomic E-state index is 0.0323. The highest BCUT2D eigenvalue weighted by Gasteiger charge is 2.35. The number of nitrogens with zero attached hydrogens (tertiary/aromatic N) is 3. The monoisotopic (exact) mass is 565 g/mol. The average Bonchev–Trinajstić information content (AvgIpc) is 3.01. The van der Waals surface area contributed by atoms with Crippen molar-refractivity contribution in [1.82, 2.24) is 9.55 Å². The molecule has 2 N–H and O–H groups in total. The molecule has 2 unspecified atom stereocenters. The van der Waals surface area contributed by atoms with Crippen molar-refractivity contribution in [2.24, 2.45) is 5.92 Å². The summed E-state index contributed by atoms with van der Waals surface area (Å²) in [5.41, 5.74) is 3.74. The summed E-state index contributed by atoms with van der Waals surface area (Å²) in [6.45, 7) is 2.07. The van der Waals surface area contributed by atoms with Gasteiger partial charge in [0.15, 0.2) is 11.5 Å². The summed E-state index contributed by atoms with van der Waals surface area (Å²) in [5, 5.41) is 5.92. The lowest BCUT2D eigenvalue weighted by Crippen LogP contribution is -2.47. The van der Waals surface area contributed by atoms with Crippen LogP contribution in [0.3, 0.4) is 0 Å². The van der Waals surface area contributed by atoms with Crippen molar-refractivity contribution in [1.29, 1.82) is 0 Å². The Morgan fingerprint density at radius 1 is 0.857 bits per heavy atom. The van der Waals surface area contributed by atoms with Gasteiger partial charge in [0.1, 0.15) is 0 Å². The predicted octanol–water partition coefficient (Wildman–Crippen LogP) is 4.39. The first-order chi connectivity index (χ1) is 20.4. The molecule has 2 amide bonds. The summed E-state index contributed by atoms with van der Waals surface area (Å²) in [6, 6.07) is 19.3. The third kappa shape index (κ3) is 5.30. The van der Waals surface area contributed by atoms with Crippen LogP contribution in [0, 0.1) is 5.92 Å². The molecule has 2 aliphatic rings. The van der Waals surface area contributed by atoms with Crippen LogP contribution in [-0.2, 0) is 6.54 Å². The fraction of sp³-hybridized carbons (Fsp3) is 0.250. The van der Waals surface area contributed by atoms with E-state index < -0.39 is 0 Å². The van der Waals surface area contributed by atoms with Gasteiger partial charge in [0.2, 0.25) is 0 Å². The number of rotatable bonds is 7. The van der Waals surface area contributed by atoms with E-state index in [9.17, 15) is 14.4 Å². The van der Waals surface area contributed by atoms with Gasteiger partial charge in [0.25, 0.3) is 17.4 Å². The molecule has 2 atom stereocenters. The largest absolute Gasteiger partial charge is 0.493 e.